The molecule has 1 saturated heterocycles. The van der Waals surface area contributed by atoms with Gasteiger partial charge in [-0.25, -0.2) is 4.98 Å². The lowest BCUT2D eigenvalue weighted by Crippen LogP contribution is -2.50. The molecule has 1 aliphatic heterocycles. The van der Waals surface area contributed by atoms with Crippen LogP contribution in [0.25, 0.3) is 11.0 Å². The van der Waals surface area contributed by atoms with Crippen LogP contribution in [0.15, 0.2) is 47.5 Å². The Kier molecular flexibility index (Phi) is 6.00. The fraction of sp³-hybridized carbons (Fsp3) is 0.333. The van der Waals surface area contributed by atoms with Crippen molar-refractivity contribution in [2.45, 2.75) is 19.6 Å². The van der Waals surface area contributed by atoms with E-state index in [4.69, 9.17) is 12.2 Å². The highest BCUT2D eigenvalue weighted by Crippen LogP contribution is 2.30. The number of nitrogens with zero attached hydrogens (tertiary/aromatic N) is 5. The first-order valence-corrected chi connectivity index (χ1v) is 10.5. The Balaban J connectivity index is 1.43. The van der Waals surface area contributed by atoms with Crippen LogP contribution in [-0.2, 0) is 12.7 Å². The smallest absolute Gasteiger partial charge is 0.345 e. The maximum absolute atomic E-state index is 12.9. The highest BCUT2D eigenvalue weighted by Gasteiger charge is 2.30. The number of anilines is 2. The SMILES string of the molecule is CCn1ccc(=O)c2cnc(N3CCN(C(=S)Nc4cccc(C(F)(F)F)c4)CC3)nc21. The number of rotatable bonds is 3. The monoisotopic (exact) mass is 462 g/mol. The summed E-state index contributed by atoms with van der Waals surface area (Å²) >= 11 is 5.40. The third kappa shape index (κ3) is 4.52. The molecule has 2 aromatic heterocycles. The summed E-state index contributed by atoms with van der Waals surface area (Å²) in [5.41, 5.74) is 0.0398. The van der Waals surface area contributed by atoms with Crippen molar-refractivity contribution in [1.29, 1.82) is 0 Å². The van der Waals surface area contributed by atoms with E-state index in [9.17, 15) is 18.0 Å². The van der Waals surface area contributed by atoms with Crippen LogP contribution >= 0.6 is 12.2 Å². The molecule has 0 saturated carbocycles. The molecule has 3 aromatic rings. The summed E-state index contributed by atoms with van der Waals surface area (Å²) in [6.07, 6.45) is -1.14. The van der Waals surface area contributed by atoms with Gasteiger partial charge in [-0.3, -0.25) is 4.79 Å². The Hall–Kier alpha value is -3.21. The average molecular weight is 463 g/mol. The molecule has 32 heavy (non-hydrogen) atoms. The second-order valence-corrected chi connectivity index (χ2v) is 7.74. The summed E-state index contributed by atoms with van der Waals surface area (Å²) in [6.45, 7) is 4.93. The molecule has 168 valence electrons. The largest absolute Gasteiger partial charge is 0.416 e. The van der Waals surface area contributed by atoms with Crippen molar-refractivity contribution >= 4 is 40.0 Å². The maximum Gasteiger partial charge on any atom is 0.416 e. The predicted molar refractivity (Wildman–Crippen MR) is 121 cm³/mol. The van der Waals surface area contributed by atoms with Crippen molar-refractivity contribution < 1.29 is 13.2 Å². The van der Waals surface area contributed by atoms with Gasteiger partial charge in [0.1, 0.15) is 5.65 Å². The minimum absolute atomic E-state index is 0.118. The van der Waals surface area contributed by atoms with E-state index in [-0.39, 0.29) is 5.43 Å². The first-order valence-electron chi connectivity index (χ1n) is 10.1. The van der Waals surface area contributed by atoms with Gasteiger partial charge in [0.05, 0.1) is 10.9 Å². The van der Waals surface area contributed by atoms with Crippen molar-refractivity contribution in [2.24, 2.45) is 0 Å². The molecule has 0 bridgehead atoms. The molecule has 0 spiro atoms. The molecule has 7 nitrogen and oxygen atoms in total. The van der Waals surface area contributed by atoms with E-state index >= 15 is 0 Å². The van der Waals surface area contributed by atoms with Gasteiger partial charge >= 0.3 is 6.18 Å². The van der Waals surface area contributed by atoms with E-state index < -0.39 is 11.7 Å². The van der Waals surface area contributed by atoms with Crippen LogP contribution < -0.4 is 15.6 Å². The zero-order valence-corrected chi connectivity index (χ0v) is 18.1. The molecule has 4 rings (SSSR count). The minimum Gasteiger partial charge on any atom is -0.345 e. The number of thiocarbonyl (C=S) groups is 1. The van der Waals surface area contributed by atoms with Crippen LogP contribution in [-0.4, -0.2) is 50.7 Å². The number of halogens is 3. The molecular weight excluding hydrogens is 441 g/mol. The fourth-order valence-corrected chi connectivity index (χ4v) is 3.87. The van der Waals surface area contributed by atoms with Gasteiger partial charge < -0.3 is 19.7 Å². The first kappa shape index (κ1) is 22.0. The van der Waals surface area contributed by atoms with Gasteiger partial charge in [-0.1, -0.05) is 6.07 Å². The summed E-state index contributed by atoms with van der Waals surface area (Å²) < 4.78 is 40.7. The lowest BCUT2D eigenvalue weighted by atomic mass is 10.2. The highest BCUT2D eigenvalue weighted by atomic mass is 32.1. The Labute approximate surface area is 187 Å². The lowest BCUT2D eigenvalue weighted by molar-refractivity contribution is -0.137. The zero-order valence-electron chi connectivity index (χ0n) is 17.3. The van der Waals surface area contributed by atoms with Crippen molar-refractivity contribution in [1.82, 2.24) is 19.4 Å². The first-order chi connectivity index (χ1) is 15.3. The molecule has 0 atom stereocenters. The second kappa shape index (κ2) is 8.73. The van der Waals surface area contributed by atoms with Crippen LogP contribution in [0.5, 0.6) is 0 Å². The summed E-state index contributed by atoms with van der Waals surface area (Å²) in [7, 11) is 0. The van der Waals surface area contributed by atoms with Crippen molar-refractivity contribution in [3.63, 3.8) is 0 Å². The van der Waals surface area contributed by atoms with E-state index in [0.29, 0.717) is 60.5 Å². The number of nitrogens with one attached hydrogen (secondary N) is 1. The summed E-state index contributed by atoms with van der Waals surface area (Å²) in [4.78, 5) is 24.9. The predicted octanol–water partition coefficient (Wildman–Crippen LogP) is 3.35. The Morgan fingerprint density at radius 1 is 1.19 bits per heavy atom. The van der Waals surface area contributed by atoms with E-state index in [0.717, 1.165) is 12.1 Å². The molecule has 0 radical (unpaired) electrons. The van der Waals surface area contributed by atoms with Crippen molar-refractivity contribution in [3.8, 4) is 0 Å². The number of hydrogen-bond acceptors (Lipinski definition) is 5. The molecule has 0 aliphatic carbocycles. The molecule has 3 heterocycles. The van der Waals surface area contributed by atoms with Gasteiger partial charge in [0.25, 0.3) is 0 Å². The number of alkyl halides is 3. The van der Waals surface area contributed by atoms with Gasteiger partial charge in [-0.05, 0) is 37.3 Å². The zero-order chi connectivity index (χ0) is 22.9. The van der Waals surface area contributed by atoms with Gasteiger partial charge in [0.15, 0.2) is 10.5 Å². The standard InChI is InChI=1S/C21H21F3N6OS/c1-2-28-7-6-17(31)16-13-25-19(27-18(16)28)29-8-10-30(11-9-29)20(32)26-15-5-3-4-14(12-15)21(22,23)24/h3-7,12-13H,2,8-11H2,1H3,(H,26,32). The summed E-state index contributed by atoms with van der Waals surface area (Å²) in [5.74, 6) is 0.529. The van der Waals surface area contributed by atoms with E-state index in [1.807, 2.05) is 21.3 Å². The van der Waals surface area contributed by atoms with E-state index in [2.05, 4.69) is 15.3 Å². The van der Waals surface area contributed by atoms with Crippen molar-refractivity contribution in [3.05, 3.63) is 58.5 Å². The maximum atomic E-state index is 12.9. The normalized spacial score (nSPS) is 14.6. The highest BCUT2D eigenvalue weighted by molar-refractivity contribution is 7.80. The van der Waals surface area contributed by atoms with Gasteiger partial charge in [-0.15, -0.1) is 0 Å². The molecule has 1 N–H and O–H groups in total. The average Bonchev–Trinajstić information content (AvgIpc) is 2.79. The molecule has 11 heteroatoms. The molecule has 1 aromatic carbocycles. The van der Waals surface area contributed by atoms with Gasteiger partial charge in [0.2, 0.25) is 5.95 Å². The number of piperazine rings is 1. The van der Waals surface area contributed by atoms with Gasteiger partial charge in [-0.2, -0.15) is 18.2 Å². The number of aromatic nitrogens is 3. The fourth-order valence-electron chi connectivity index (χ4n) is 3.57. The Morgan fingerprint density at radius 2 is 1.94 bits per heavy atom. The molecule has 1 aliphatic rings. The van der Waals surface area contributed by atoms with Crippen LogP contribution in [0, 0.1) is 0 Å². The minimum atomic E-state index is -4.41. The van der Waals surface area contributed by atoms with Crippen molar-refractivity contribution in [2.75, 3.05) is 36.4 Å². The Bertz CT molecular complexity index is 1200. The number of fused-ring (bicyclic) bond motifs is 1. The van der Waals surface area contributed by atoms with E-state index in [1.54, 1.807) is 18.5 Å². The lowest BCUT2D eigenvalue weighted by Gasteiger charge is -2.36. The van der Waals surface area contributed by atoms with Gasteiger partial charge in [0, 0.05) is 56.9 Å². The topological polar surface area (TPSA) is 66.3 Å². The molecular formula is C21H21F3N6OS. The Morgan fingerprint density at radius 3 is 2.62 bits per heavy atom. The molecule has 0 unspecified atom stereocenters. The quantitative estimate of drug-likeness (QED) is 0.599. The van der Waals surface area contributed by atoms with Crippen LogP contribution in [0.3, 0.4) is 0 Å². The number of benzene rings is 1. The third-order valence-electron chi connectivity index (χ3n) is 5.33. The van der Waals surface area contributed by atoms with E-state index in [1.165, 1.54) is 12.1 Å². The number of hydrogen-bond donors (Lipinski definition) is 1. The number of aryl methyl sites for hydroxylation is 1. The molecule has 1 fully saturated rings. The molecule has 0 amide bonds. The third-order valence-corrected chi connectivity index (χ3v) is 5.69. The number of pyridine rings is 1. The van der Waals surface area contributed by atoms with Crippen LogP contribution in [0.4, 0.5) is 24.8 Å². The second-order valence-electron chi connectivity index (χ2n) is 7.36. The summed E-state index contributed by atoms with van der Waals surface area (Å²) in [5, 5.41) is 3.73. The van der Waals surface area contributed by atoms with Crippen LogP contribution in [0.1, 0.15) is 12.5 Å². The summed E-state index contributed by atoms with van der Waals surface area (Å²) in [6, 6.07) is 6.46. The van der Waals surface area contributed by atoms with Crippen LogP contribution in [0.2, 0.25) is 0 Å².